The number of hydrogen-bond acceptors (Lipinski definition) is 3. The van der Waals surface area contributed by atoms with E-state index in [1.807, 2.05) is 19.1 Å². The highest BCUT2D eigenvalue weighted by Gasteiger charge is 2.42. The zero-order valence-electron chi connectivity index (χ0n) is 16.1. The first-order valence-corrected chi connectivity index (χ1v) is 9.95. The molecule has 0 atom stereocenters. The van der Waals surface area contributed by atoms with Crippen molar-refractivity contribution in [3.05, 3.63) is 29.8 Å². The van der Waals surface area contributed by atoms with Crippen LogP contribution in [0.1, 0.15) is 75.6 Å². The first-order chi connectivity index (χ1) is 12.6. The molecule has 0 saturated heterocycles. The monoisotopic (exact) mass is 360 g/mol. The molecule has 0 heterocycles. The normalized spacial score (nSPS) is 15.5. The maximum Gasteiger partial charge on any atom is 0.252 e. The summed E-state index contributed by atoms with van der Waals surface area (Å²) in [6.45, 7) is 5.35. The van der Waals surface area contributed by atoms with Crippen molar-refractivity contribution in [3.8, 4) is 5.75 Å². The van der Waals surface area contributed by atoms with Gasteiger partial charge in [0.15, 0.2) is 0 Å². The minimum absolute atomic E-state index is 0.0714. The number of hydrogen-bond donors (Lipinski definition) is 2. The molecule has 0 aromatic heterocycles. The standard InChI is InChI=1S/C21H32N2O3/c1-3-5-6-9-16-26-18-12-10-17(11-13-18)19(24)23-21(14-7-8-15-21)20(25)22-4-2/h10-13H,3-9,14-16H2,1-2H3,(H,22,25)(H,23,24). The summed E-state index contributed by atoms with van der Waals surface area (Å²) in [6, 6.07) is 7.17. The summed E-state index contributed by atoms with van der Waals surface area (Å²) in [5.41, 5.74) is -0.208. The third-order valence-electron chi connectivity index (χ3n) is 4.97. The molecule has 144 valence electrons. The largest absolute Gasteiger partial charge is 0.494 e. The zero-order valence-corrected chi connectivity index (χ0v) is 16.1. The van der Waals surface area contributed by atoms with Crippen molar-refractivity contribution >= 4 is 11.8 Å². The van der Waals surface area contributed by atoms with Crippen molar-refractivity contribution in [1.29, 1.82) is 0 Å². The predicted octanol–water partition coefficient (Wildman–Crippen LogP) is 3.82. The molecule has 2 rings (SSSR count). The summed E-state index contributed by atoms with van der Waals surface area (Å²) < 4.78 is 5.71. The maximum absolute atomic E-state index is 12.6. The van der Waals surface area contributed by atoms with E-state index in [9.17, 15) is 9.59 Å². The second kappa shape index (κ2) is 10.2. The molecule has 5 nitrogen and oxygen atoms in total. The van der Waals surface area contributed by atoms with Gasteiger partial charge in [0.1, 0.15) is 11.3 Å². The van der Waals surface area contributed by atoms with E-state index in [0.29, 0.717) is 31.6 Å². The van der Waals surface area contributed by atoms with Crippen LogP contribution in [0.5, 0.6) is 5.75 Å². The quantitative estimate of drug-likeness (QED) is 0.623. The van der Waals surface area contributed by atoms with Crippen LogP contribution < -0.4 is 15.4 Å². The van der Waals surface area contributed by atoms with E-state index in [0.717, 1.165) is 25.0 Å². The van der Waals surface area contributed by atoms with Gasteiger partial charge in [0.05, 0.1) is 6.61 Å². The Hall–Kier alpha value is -2.04. The number of likely N-dealkylation sites (N-methyl/N-ethyl adjacent to an activating group) is 1. The Morgan fingerprint density at radius 1 is 1.04 bits per heavy atom. The maximum atomic E-state index is 12.6. The lowest BCUT2D eigenvalue weighted by molar-refractivity contribution is -0.127. The molecule has 1 fully saturated rings. The van der Waals surface area contributed by atoms with Crippen molar-refractivity contribution in [2.75, 3.05) is 13.2 Å². The first kappa shape index (κ1) is 20.3. The number of ether oxygens (including phenoxy) is 1. The molecule has 0 aliphatic heterocycles. The summed E-state index contributed by atoms with van der Waals surface area (Å²) >= 11 is 0. The highest BCUT2D eigenvalue weighted by Crippen LogP contribution is 2.30. The number of carbonyl (C=O) groups is 2. The van der Waals surface area contributed by atoms with E-state index in [-0.39, 0.29) is 11.8 Å². The molecule has 26 heavy (non-hydrogen) atoms. The number of rotatable bonds is 10. The molecule has 5 heteroatoms. The van der Waals surface area contributed by atoms with Gasteiger partial charge in [-0.25, -0.2) is 0 Å². The van der Waals surface area contributed by atoms with Gasteiger partial charge < -0.3 is 15.4 Å². The second-order valence-corrected chi connectivity index (χ2v) is 7.04. The SMILES string of the molecule is CCCCCCOc1ccc(C(=O)NC2(C(=O)NCC)CCCC2)cc1. The van der Waals surface area contributed by atoms with Crippen molar-refractivity contribution in [2.45, 2.75) is 70.8 Å². The van der Waals surface area contributed by atoms with Gasteiger partial charge in [-0.05, 0) is 50.5 Å². The summed E-state index contributed by atoms with van der Waals surface area (Å²) in [7, 11) is 0. The van der Waals surface area contributed by atoms with Gasteiger partial charge in [-0.3, -0.25) is 9.59 Å². The van der Waals surface area contributed by atoms with Crippen molar-refractivity contribution in [2.24, 2.45) is 0 Å². The van der Waals surface area contributed by atoms with Crippen molar-refractivity contribution in [1.82, 2.24) is 10.6 Å². The lowest BCUT2D eigenvalue weighted by Crippen LogP contribution is -2.57. The van der Waals surface area contributed by atoms with Crippen LogP contribution in [0.25, 0.3) is 0 Å². The van der Waals surface area contributed by atoms with Crippen LogP contribution in [0.3, 0.4) is 0 Å². The number of unbranched alkanes of at least 4 members (excludes halogenated alkanes) is 3. The predicted molar refractivity (Wildman–Crippen MR) is 103 cm³/mol. The second-order valence-electron chi connectivity index (χ2n) is 7.04. The third-order valence-corrected chi connectivity index (χ3v) is 4.97. The Morgan fingerprint density at radius 3 is 2.35 bits per heavy atom. The van der Waals surface area contributed by atoms with Crippen LogP contribution in [-0.4, -0.2) is 30.5 Å². The van der Waals surface area contributed by atoms with Crippen molar-refractivity contribution < 1.29 is 14.3 Å². The molecule has 0 spiro atoms. The number of carbonyl (C=O) groups excluding carboxylic acids is 2. The lowest BCUT2D eigenvalue weighted by atomic mass is 9.95. The smallest absolute Gasteiger partial charge is 0.252 e. The van der Waals surface area contributed by atoms with Crippen molar-refractivity contribution in [3.63, 3.8) is 0 Å². The van der Waals surface area contributed by atoms with Gasteiger partial charge in [-0.1, -0.05) is 39.0 Å². The topological polar surface area (TPSA) is 67.4 Å². The van der Waals surface area contributed by atoms with Gasteiger partial charge in [-0.2, -0.15) is 0 Å². The first-order valence-electron chi connectivity index (χ1n) is 9.95. The number of benzene rings is 1. The van der Waals surface area contributed by atoms with E-state index in [4.69, 9.17) is 4.74 Å². The van der Waals surface area contributed by atoms with E-state index in [2.05, 4.69) is 17.6 Å². The van der Waals surface area contributed by atoms with Crippen LogP contribution in [0.2, 0.25) is 0 Å². The molecular formula is C21H32N2O3. The summed E-state index contributed by atoms with van der Waals surface area (Å²) in [6.07, 6.45) is 7.99. The fraction of sp³-hybridized carbons (Fsp3) is 0.619. The fourth-order valence-electron chi connectivity index (χ4n) is 3.43. The molecule has 0 radical (unpaired) electrons. The highest BCUT2D eigenvalue weighted by molar-refractivity contribution is 5.99. The van der Waals surface area contributed by atoms with E-state index >= 15 is 0 Å². The Kier molecular flexibility index (Phi) is 7.95. The number of nitrogens with one attached hydrogen (secondary N) is 2. The van der Waals surface area contributed by atoms with Gasteiger partial charge in [0, 0.05) is 12.1 Å². The molecule has 1 saturated carbocycles. The molecule has 2 N–H and O–H groups in total. The van der Waals surface area contributed by atoms with Crippen LogP contribution >= 0.6 is 0 Å². The molecule has 0 unspecified atom stereocenters. The molecule has 1 aromatic rings. The van der Waals surface area contributed by atoms with Crippen LogP contribution in [0, 0.1) is 0 Å². The van der Waals surface area contributed by atoms with E-state index in [1.165, 1.54) is 19.3 Å². The van der Waals surface area contributed by atoms with E-state index in [1.54, 1.807) is 12.1 Å². The Labute approximate surface area is 156 Å². The van der Waals surface area contributed by atoms with Crippen LogP contribution in [-0.2, 0) is 4.79 Å². The summed E-state index contributed by atoms with van der Waals surface area (Å²) in [4.78, 5) is 25.1. The summed E-state index contributed by atoms with van der Waals surface area (Å²) in [5, 5.41) is 5.85. The fourth-order valence-corrected chi connectivity index (χ4v) is 3.43. The van der Waals surface area contributed by atoms with E-state index < -0.39 is 5.54 Å². The van der Waals surface area contributed by atoms with Crippen LogP contribution in [0.15, 0.2) is 24.3 Å². The van der Waals surface area contributed by atoms with Gasteiger partial charge in [0.2, 0.25) is 5.91 Å². The van der Waals surface area contributed by atoms with Gasteiger partial charge >= 0.3 is 0 Å². The minimum atomic E-state index is -0.762. The number of amides is 2. The molecule has 1 aliphatic carbocycles. The molecule has 0 bridgehead atoms. The Bertz CT molecular complexity index is 577. The van der Waals surface area contributed by atoms with Gasteiger partial charge in [0.25, 0.3) is 5.91 Å². The zero-order chi connectivity index (χ0) is 18.8. The third kappa shape index (κ3) is 5.48. The summed E-state index contributed by atoms with van der Waals surface area (Å²) in [5.74, 6) is 0.503. The average molecular weight is 360 g/mol. The molecule has 1 aromatic carbocycles. The average Bonchev–Trinajstić information content (AvgIpc) is 3.12. The van der Waals surface area contributed by atoms with Crippen LogP contribution in [0.4, 0.5) is 0 Å². The Morgan fingerprint density at radius 2 is 1.73 bits per heavy atom. The lowest BCUT2D eigenvalue weighted by Gasteiger charge is -2.28. The molecular weight excluding hydrogens is 328 g/mol. The minimum Gasteiger partial charge on any atom is -0.494 e. The Balaban J connectivity index is 1.91. The highest BCUT2D eigenvalue weighted by atomic mass is 16.5. The molecule has 1 aliphatic rings. The van der Waals surface area contributed by atoms with Gasteiger partial charge in [-0.15, -0.1) is 0 Å². The molecule has 2 amide bonds.